The van der Waals surface area contributed by atoms with E-state index in [1.165, 1.54) is 0 Å². The van der Waals surface area contributed by atoms with Gasteiger partial charge in [0.1, 0.15) is 29.0 Å². The summed E-state index contributed by atoms with van der Waals surface area (Å²) < 4.78 is 20.9. The number of ether oxygens (including phenoxy) is 4. The van der Waals surface area contributed by atoms with Gasteiger partial charge in [-0.25, -0.2) is 9.78 Å². The highest BCUT2D eigenvalue weighted by Gasteiger charge is 2.10. The minimum Gasteiger partial charge on any atom is -0.497 e. The Morgan fingerprint density at radius 3 is 2.33 bits per heavy atom. The van der Waals surface area contributed by atoms with Crippen LogP contribution >= 0.6 is 11.6 Å². The number of rotatable bonds is 7. The molecule has 0 saturated carbocycles. The lowest BCUT2D eigenvalue weighted by atomic mass is 10.1. The van der Waals surface area contributed by atoms with E-state index in [2.05, 4.69) is 4.98 Å². The van der Waals surface area contributed by atoms with Gasteiger partial charge in [0.15, 0.2) is 6.61 Å². The summed E-state index contributed by atoms with van der Waals surface area (Å²) in [6, 6.07) is 14.2. The van der Waals surface area contributed by atoms with E-state index in [1.807, 2.05) is 18.2 Å². The molecule has 0 unspecified atom stereocenters. The molecule has 1 heterocycles. The Balaban J connectivity index is 1.58. The Hall–Kier alpha value is -2.99. The van der Waals surface area contributed by atoms with Crippen molar-refractivity contribution in [2.75, 3.05) is 20.8 Å². The first kappa shape index (κ1) is 18.8. The van der Waals surface area contributed by atoms with E-state index in [9.17, 15) is 4.79 Å². The second kappa shape index (κ2) is 8.60. The number of hydrogen-bond acceptors (Lipinski definition) is 6. The van der Waals surface area contributed by atoms with Crippen LogP contribution in [-0.2, 0) is 16.1 Å². The van der Waals surface area contributed by atoms with Gasteiger partial charge in [0.05, 0.1) is 19.7 Å². The number of benzene rings is 2. The van der Waals surface area contributed by atoms with Gasteiger partial charge in [-0.2, -0.15) is 0 Å². The Bertz CT molecular complexity index is 943. The highest BCUT2D eigenvalue weighted by atomic mass is 35.5. The smallest absolute Gasteiger partial charge is 0.344 e. The van der Waals surface area contributed by atoms with Crippen molar-refractivity contribution in [2.45, 2.75) is 6.61 Å². The molecule has 0 saturated heterocycles. The molecule has 0 amide bonds. The van der Waals surface area contributed by atoms with Gasteiger partial charge in [-0.05, 0) is 42.5 Å². The zero-order chi connectivity index (χ0) is 19.2. The van der Waals surface area contributed by atoms with Crippen molar-refractivity contribution in [1.29, 1.82) is 0 Å². The largest absolute Gasteiger partial charge is 0.497 e. The molecule has 0 radical (unpaired) electrons. The summed E-state index contributed by atoms with van der Waals surface area (Å²) in [4.78, 5) is 16.2. The molecule has 0 bridgehead atoms. The molecule has 140 valence electrons. The number of fused-ring (bicyclic) bond motifs is 1. The minimum absolute atomic E-state index is 0.0125. The van der Waals surface area contributed by atoms with Gasteiger partial charge < -0.3 is 18.9 Å². The van der Waals surface area contributed by atoms with E-state index >= 15 is 0 Å². The van der Waals surface area contributed by atoms with Crippen LogP contribution in [0.4, 0.5) is 0 Å². The molecule has 0 atom stereocenters. The lowest BCUT2D eigenvalue weighted by Gasteiger charge is -2.10. The predicted molar refractivity (Wildman–Crippen MR) is 102 cm³/mol. The molecule has 2 aromatic carbocycles. The second-order valence-corrected chi connectivity index (χ2v) is 5.98. The average Bonchev–Trinajstić information content (AvgIpc) is 2.70. The third-order valence-electron chi connectivity index (χ3n) is 3.86. The number of halogens is 1. The van der Waals surface area contributed by atoms with Crippen molar-refractivity contribution in [3.8, 4) is 17.2 Å². The zero-order valence-corrected chi connectivity index (χ0v) is 15.7. The molecular formula is C20H18ClNO5. The van der Waals surface area contributed by atoms with Gasteiger partial charge in [-0.3, -0.25) is 0 Å². The fourth-order valence-corrected chi connectivity index (χ4v) is 2.61. The van der Waals surface area contributed by atoms with Gasteiger partial charge >= 0.3 is 5.97 Å². The summed E-state index contributed by atoms with van der Waals surface area (Å²) in [6.07, 6.45) is 0. The molecule has 27 heavy (non-hydrogen) atoms. The molecule has 0 spiro atoms. The number of methoxy groups -OCH3 is 2. The van der Waals surface area contributed by atoms with Crippen LogP contribution in [-0.4, -0.2) is 31.8 Å². The van der Waals surface area contributed by atoms with Gasteiger partial charge in [0.2, 0.25) is 0 Å². The quantitative estimate of drug-likeness (QED) is 0.450. The van der Waals surface area contributed by atoms with E-state index in [1.54, 1.807) is 44.6 Å². The topological polar surface area (TPSA) is 66.9 Å². The first-order valence-corrected chi connectivity index (χ1v) is 8.52. The highest BCUT2D eigenvalue weighted by Crippen LogP contribution is 2.24. The monoisotopic (exact) mass is 387 g/mol. The number of nitrogens with zero attached hydrogens (tertiary/aromatic N) is 1. The number of aromatic nitrogens is 1. The summed E-state index contributed by atoms with van der Waals surface area (Å²) in [5.74, 6) is 1.45. The summed E-state index contributed by atoms with van der Waals surface area (Å²) >= 11 is 6.20. The molecule has 0 aliphatic carbocycles. The SMILES string of the molecule is COc1ccc(OCC(=O)OCc2cc3ccc(OC)cc3nc2Cl)cc1. The Morgan fingerprint density at radius 2 is 1.63 bits per heavy atom. The third kappa shape index (κ3) is 4.80. The predicted octanol–water partition coefficient (Wildman–Crippen LogP) is 4.03. The lowest BCUT2D eigenvalue weighted by molar-refractivity contribution is -0.147. The molecule has 3 rings (SSSR count). The van der Waals surface area contributed by atoms with Gasteiger partial charge in [-0.1, -0.05) is 11.6 Å². The Kier molecular flexibility index (Phi) is 5.98. The summed E-state index contributed by atoms with van der Waals surface area (Å²) in [7, 11) is 3.17. The lowest BCUT2D eigenvalue weighted by Crippen LogP contribution is -2.15. The standard InChI is InChI=1S/C20H18ClNO5/c1-24-15-5-7-16(8-6-15)26-12-19(23)27-11-14-9-13-3-4-17(25-2)10-18(13)22-20(14)21/h3-10H,11-12H2,1-2H3. The molecule has 7 heteroatoms. The maximum atomic E-state index is 11.9. The zero-order valence-electron chi connectivity index (χ0n) is 14.9. The summed E-state index contributed by atoms with van der Waals surface area (Å²) in [5.41, 5.74) is 1.32. The highest BCUT2D eigenvalue weighted by molar-refractivity contribution is 6.30. The first-order chi connectivity index (χ1) is 13.1. The second-order valence-electron chi connectivity index (χ2n) is 5.62. The van der Waals surface area contributed by atoms with Crippen molar-refractivity contribution < 1.29 is 23.7 Å². The molecular weight excluding hydrogens is 370 g/mol. The van der Waals surface area contributed by atoms with E-state index in [0.29, 0.717) is 28.3 Å². The number of pyridine rings is 1. The molecule has 6 nitrogen and oxygen atoms in total. The molecule has 0 fully saturated rings. The van der Waals surface area contributed by atoms with Crippen LogP contribution in [0.2, 0.25) is 5.15 Å². The van der Waals surface area contributed by atoms with Gasteiger partial charge in [-0.15, -0.1) is 0 Å². The van der Waals surface area contributed by atoms with Crippen LogP contribution < -0.4 is 14.2 Å². The van der Waals surface area contributed by atoms with Crippen LogP contribution in [0.15, 0.2) is 48.5 Å². The maximum Gasteiger partial charge on any atom is 0.344 e. The van der Waals surface area contributed by atoms with Gasteiger partial charge in [0, 0.05) is 17.0 Å². The maximum absolute atomic E-state index is 11.9. The fourth-order valence-electron chi connectivity index (χ4n) is 2.41. The van der Waals surface area contributed by atoms with Crippen molar-refractivity contribution in [3.63, 3.8) is 0 Å². The molecule has 0 N–H and O–H groups in total. The van der Waals surface area contributed by atoms with Crippen molar-refractivity contribution in [1.82, 2.24) is 4.98 Å². The summed E-state index contributed by atoms with van der Waals surface area (Å²) in [6.45, 7) is -0.194. The number of carbonyl (C=O) groups is 1. The first-order valence-electron chi connectivity index (χ1n) is 8.14. The van der Waals surface area contributed by atoms with E-state index in [0.717, 1.165) is 5.39 Å². The van der Waals surface area contributed by atoms with Crippen molar-refractivity contribution in [3.05, 3.63) is 59.2 Å². The van der Waals surface area contributed by atoms with Crippen LogP contribution in [0, 0.1) is 0 Å². The molecule has 3 aromatic rings. The molecule has 0 aliphatic rings. The summed E-state index contributed by atoms with van der Waals surface area (Å²) in [5, 5.41) is 1.15. The Morgan fingerprint density at radius 1 is 0.963 bits per heavy atom. The number of esters is 1. The van der Waals surface area contributed by atoms with Crippen LogP contribution in [0.5, 0.6) is 17.2 Å². The van der Waals surface area contributed by atoms with Crippen LogP contribution in [0.3, 0.4) is 0 Å². The van der Waals surface area contributed by atoms with E-state index < -0.39 is 5.97 Å². The third-order valence-corrected chi connectivity index (χ3v) is 4.18. The number of carbonyl (C=O) groups excluding carboxylic acids is 1. The van der Waals surface area contributed by atoms with Crippen molar-refractivity contribution >= 4 is 28.5 Å². The normalized spacial score (nSPS) is 10.5. The van der Waals surface area contributed by atoms with Crippen LogP contribution in [0.1, 0.15) is 5.56 Å². The average molecular weight is 388 g/mol. The van der Waals surface area contributed by atoms with Crippen LogP contribution in [0.25, 0.3) is 10.9 Å². The Labute approximate surface area is 161 Å². The fraction of sp³-hybridized carbons (Fsp3) is 0.200. The molecule has 1 aromatic heterocycles. The van der Waals surface area contributed by atoms with E-state index in [4.69, 9.17) is 30.5 Å². The van der Waals surface area contributed by atoms with Crippen molar-refractivity contribution in [2.24, 2.45) is 0 Å². The van der Waals surface area contributed by atoms with Gasteiger partial charge in [0.25, 0.3) is 0 Å². The number of hydrogen-bond donors (Lipinski definition) is 0. The molecule has 0 aliphatic heterocycles. The van der Waals surface area contributed by atoms with E-state index in [-0.39, 0.29) is 18.4 Å². The minimum atomic E-state index is -0.503.